The Balaban J connectivity index is 1.72. The van der Waals surface area contributed by atoms with Crippen LogP contribution < -0.4 is 15.1 Å². The summed E-state index contributed by atoms with van der Waals surface area (Å²) in [6, 6.07) is 13.7. The standard InChI is InChI=1S/C25H23N3O4S/c1-4-31-16-9-7-8-15(13-16)21-20-22(29)17-10-5-6-11-18(17)32-23(20)24(30)28(21)25-27-26-19(33-25)12-14(2)3/h5-11,13-14,21H,4,12H2,1-3H3. The van der Waals surface area contributed by atoms with Crippen molar-refractivity contribution in [2.45, 2.75) is 33.2 Å². The van der Waals surface area contributed by atoms with Crippen molar-refractivity contribution < 1.29 is 13.9 Å². The number of ether oxygens (including phenoxy) is 1. The minimum absolute atomic E-state index is 0.0473. The molecule has 1 aliphatic rings. The van der Waals surface area contributed by atoms with Gasteiger partial charge in [0, 0.05) is 6.42 Å². The summed E-state index contributed by atoms with van der Waals surface area (Å²) in [5.41, 5.74) is 1.22. The predicted molar refractivity (Wildman–Crippen MR) is 127 cm³/mol. The van der Waals surface area contributed by atoms with Crippen LogP contribution in [0.1, 0.15) is 53.5 Å². The number of amides is 1. The number of anilines is 1. The lowest BCUT2D eigenvalue weighted by Gasteiger charge is -2.22. The molecule has 0 spiro atoms. The van der Waals surface area contributed by atoms with E-state index in [1.807, 2.05) is 31.2 Å². The first-order chi connectivity index (χ1) is 16.0. The van der Waals surface area contributed by atoms with E-state index in [9.17, 15) is 9.59 Å². The van der Waals surface area contributed by atoms with Gasteiger partial charge in [-0.25, -0.2) is 0 Å². The van der Waals surface area contributed by atoms with Gasteiger partial charge >= 0.3 is 0 Å². The van der Waals surface area contributed by atoms with Crippen LogP contribution >= 0.6 is 11.3 Å². The Morgan fingerprint density at radius 1 is 1.12 bits per heavy atom. The molecule has 0 radical (unpaired) electrons. The second-order valence-electron chi connectivity index (χ2n) is 8.33. The fourth-order valence-electron chi connectivity index (χ4n) is 4.15. The maximum absolute atomic E-state index is 13.6. The molecule has 8 heteroatoms. The maximum atomic E-state index is 13.6. The van der Waals surface area contributed by atoms with Gasteiger partial charge in [0.05, 0.1) is 23.6 Å². The Kier molecular flexibility index (Phi) is 5.46. The predicted octanol–water partition coefficient (Wildman–Crippen LogP) is 4.99. The zero-order valence-electron chi connectivity index (χ0n) is 18.6. The number of carbonyl (C=O) groups excluding carboxylic acids is 1. The molecule has 1 atom stereocenters. The van der Waals surface area contributed by atoms with Crippen molar-refractivity contribution in [3.8, 4) is 5.75 Å². The zero-order chi connectivity index (χ0) is 23.1. The molecule has 7 nitrogen and oxygen atoms in total. The van der Waals surface area contributed by atoms with Crippen LogP contribution in [-0.2, 0) is 6.42 Å². The van der Waals surface area contributed by atoms with Crippen LogP contribution in [0, 0.1) is 5.92 Å². The van der Waals surface area contributed by atoms with E-state index in [1.54, 1.807) is 24.3 Å². The highest BCUT2D eigenvalue weighted by Gasteiger charge is 2.45. The molecule has 0 aliphatic carbocycles. The molecule has 0 bridgehead atoms. The van der Waals surface area contributed by atoms with Crippen molar-refractivity contribution in [1.29, 1.82) is 0 Å². The minimum Gasteiger partial charge on any atom is -0.494 e. The molecule has 4 aromatic rings. The first-order valence-electron chi connectivity index (χ1n) is 10.9. The second-order valence-corrected chi connectivity index (χ2v) is 9.37. The molecule has 1 aliphatic heterocycles. The van der Waals surface area contributed by atoms with Gasteiger partial charge in [-0.2, -0.15) is 0 Å². The third kappa shape index (κ3) is 3.70. The fourth-order valence-corrected chi connectivity index (χ4v) is 5.22. The number of benzene rings is 2. The van der Waals surface area contributed by atoms with Crippen molar-refractivity contribution in [1.82, 2.24) is 10.2 Å². The summed E-state index contributed by atoms with van der Waals surface area (Å²) in [6.45, 7) is 6.63. The smallest absolute Gasteiger partial charge is 0.297 e. The molecular weight excluding hydrogens is 438 g/mol. The Bertz CT molecular complexity index is 1410. The average Bonchev–Trinajstić information content (AvgIpc) is 3.36. The van der Waals surface area contributed by atoms with E-state index in [2.05, 4.69) is 24.0 Å². The fraction of sp³-hybridized carbons (Fsp3) is 0.280. The van der Waals surface area contributed by atoms with Gasteiger partial charge in [-0.1, -0.05) is 49.4 Å². The molecule has 5 rings (SSSR count). The van der Waals surface area contributed by atoms with Crippen LogP contribution in [-0.4, -0.2) is 22.7 Å². The Morgan fingerprint density at radius 3 is 2.73 bits per heavy atom. The number of fused-ring (bicyclic) bond motifs is 2. The molecule has 0 saturated carbocycles. The highest BCUT2D eigenvalue weighted by Crippen LogP contribution is 2.42. The van der Waals surface area contributed by atoms with E-state index in [-0.39, 0.29) is 11.2 Å². The Hall–Kier alpha value is -3.52. The quantitative estimate of drug-likeness (QED) is 0.402. The van der Waals surface area contributed by atoms with Crippen molar-refractivity contribution in [3.63, 3.8) is 0 Å². The van der Waals surface area contributed by atoms with Crippen molar-refractivity contribution in [2.75, 3.05) is 11.5 Å². The van der Waals surface area contributed by atoms with Crippen molar-refractivity contribution in [3.05, 3.63) is 80.6 Å². The molecule has 2 aromatic carbocycles. The summed E-state index contributed by atoms with van der Waals surface area (Å²) in [7, 11) is 0. The molecule has 168 valence electrons. The molecule has 0 N–H and O–H groups in total. The molecule has 1 unspecified atom stereocenters. The monoisotopic (exact) mass is 461 g/mol. The zero-order valence-corrected chi connectivity index (χ0v) is 19.4. The summed E-state index contributed by atoms with van der Waals surface area (Å²) in [5.74, 6) is 0.723. The average molecular weight is 462 g/mol. The molecule has 33 heavy (non-hydrogen) atoms. The number of nitrogens with zero attached hydrogens (tertiary/aromatic N) is 3. The molecule has 0 fully saturated rings. The van der Waals surface area contributed by atoms with E-state index >= 15 is 0 Å². The summed E-state index contributed by atoms with van der Waals surface area (Å²) in [5, 5.41) is 10.3. The molecule has 2 aromatic heterocycles. The van der Waals surface area contributed by atoms with E-state index in [0.29, 0.717) is 39.9 Å². The first kappa shape index (κ1) is 21.3. The van der Waals surface area contributed by atoms with Crippen LogP contribution in [0.4, 0.5) is 5.13 Å². The van der Waals surface area contributed by atoms with E-state index < -0.39 is 11.9 Å². The SMILES string of the molecule is CCOc1cccc(C2c3c(oc4ccccc4c3=O)C(=O)N2c2nnc(CC(C)C)s2)c1. The van der Waals surface area contributed by atoms with Gasteiger partial charge in [-0.15, -0.1) is 10.2 Å². The Morgan fingerprint density at radius 2 is 1.94 bits per heavy atom. The van der Waals surface area contributed by atoms with Gasteiger partial charge in [0.15, 0.2) is 5.43 Å². The van der Waals surface area contributed by atoms with Crippen molar-refractivity contribution >= 4 is 33.3 Å². The highest BCUT2D eigenvalue weighted by molar-refractivity contribution is 7.15. The van der Waals surface area contributed by atoms with Crippen LogP contribution in [0.15, 0.2) is 57.7 Å². The number of rotatable bonds is 6. The van der Waals surface area contributed by atoms with Gasteiger partial charge < -0.3 is 9.15 Å². The molecule has 1 amide bonds. The number of carbonyl (C=O) groups is 1. The lowest BCUT2D eigenvalue weighted by Crippen LogP contribution is -2.29. The largest absolute Gasteiger partial charge is 0.494 e. The highest BCUT2D eigenvalue weighted by atomic mass is 32.1. The normalized spacial score (nSPS) is 15.5. The summed E-state index contributed by atoms with van der Waals surface area (Å²) >= 11 is 1.36. The van der Waals surface area contributed by atoms with E-state index in [4.69, 9.17) is 9.15 Å². The summed E-state index contributed by atoms with van der Waals surface area (Å²) in [6.07, 6.45) is 0.762. The number of para-hydroxylation sites is 1. The minimum atomic E-state index is -0.686. The van der Waals surface area contributed by atoms with Gasteiger partial charge in [0.25, 0.3) is 5.91 Å². The Labute approximate surface area is 194 Å². The first-order valence-corrected chi connectivity index (χ1v) is 11.7. The van der Waals surface area contributed by atoms with Gasteiger partial charge in [-0.05, 0) is 42.7 Å². The van der Waals surface area contributed by atoms with Crippen LogP contribution in [0.2, 0.25) is 0 Å². The van der Waals surface area contributed by atoms with Crippen LogP contribution in [0.3, 0.4) is 0 Å². The van der Waals surface area contributed by atoms with Crippen molar-refractivity contribution in [2.24, 2.45) is 5.92 Å². The lowest BCUT2D eigenvalue weighted by atomic mass is 9.98. The van der Waals surface area contributed by atoms with Gasteiger partial charge in [0.2, 0.25) is 10.9 Å². The molecule has 3 heterocycles. The number of hydrogen-bond donors (Lipinski definition) is 0. The van der Waals surface area contributed by atoms with Crippen LogP contribution in [0.25, 0.3) is 11.0 Å². The summed E-state index contributed by atoms with van der Waals surface area (Å²) < 4.78 is 11.7. The molecular formula is C25H23N3O4S. The maximum Gasteiger partial charge on any atom is 0.297 e. The third-order valence-corrected chi connectivity index (χ3v) is 6.45. The van der Waals surface area contributed by atoms with E-state index in [0.717, 1.165) is 17.0 Å². The second kappa shape index (κ2) is 8.44. The lowest BCUT2D eigenvalue weighted by molar-refractivity contribution is 0.0970. The third-order valence-electron chi connectivity index (χ3n) is 5.51. The topological polar surface area (TPSA) is 85.5 Å². The molecule has 0 saturated heterocycles. The summed E-state index contributed by atoms with van der Waals surface area (Å²) in [4.78, 5) is 28.7. The van der Waals surface area contributed by atoms with Gasteiger partial charge in [-0.3, -0.25) is 14.5 Å². The van der Waals surface area contributed by atoms with Gasteiger partial charge in [0.1, 0.15) is 16.3 Å². The van der Waals surface area contributed by atoms with Crippen LogP contribution in [0.5, 0.6) is 5.75 Å². The van der Waals surface area contributed by atoms with E-state index in [1.165, 1.54) is 16.2 Å². The number of hydrogen-bond acceptors (Lipinski definition) is 7. The number of aromatic nitrogens is 2.